The van der Waals surface area contributed by atoms with E-state index in [1.165, 1.54) is 24.7 Å². The first-order valence-electron chi connectivity index (χ1n) is 5.67. The molecule has 0 aliphatic heterocycles. The average Bonchev–Trinajstić information content (AvgIpc) is 2.29. The summed E-state index contributed by atoms with van der Waals surface area (Å²) >= 11 is 1.38. The number of hydrogen-bond acceptors (Lipinski definition) is 4. The number of aryl methyl sites for hydroxylation is 1. The van der Waals surface area contributed by atoms with Gasteiger partial charge in [-0.3, -0.25) is 4.79 Å². The summed E-state index contributed by atoms with van der Waals surface area (Å²) in [4.78, 5) is 12.3. The number of rotatable bonds is 4. The molecule has 1 fully saturated rings. The summed E-state index contributed by atoms with van der Waals surface area (Å²) in [7, 11) is 1.43. The smallest absolute Gasteiger partial charge is 0.308 e. The lowest BCUT2D eigenvalue weighted by Crippen LogP contribution is -2.35. The highest BCUT2D eigenvalue weighted by molar-refractivity contribution is 7.94. The topological polar surface area (TPSA) is 35.5 Å². The molecule has 0 atom stereocenters. The average molecular weight is 252 g/mol. The predicted octanol–water partition coefficient (Wildman–Crippen LogP) is 2.97. The Morgan fingerprint density at radius 1 is 1.29 bits per heavy atom. The number of hydrogen-bond donors (Lipinski definition) is 0. The molecule has 2 rings (SSSR count). The van der Waals surface area contributed by atoms with Crippen LogP contribution in [0.4, 0.5) is 0 Å². The van der Waals surface area contributed by atoms with Gasteiger partial charge in [0.05, 0.1) is 19.1 Å². The van der Waals surface area contributed by atoms with Crippen LogP contribution in [0.25, 0.3) is 0 Å². The number of carbonyl (C=O) groups excluding carboxylic acids is 1. The van der Waals surface area contributed by atoms with Crippen molar-refractivity contribution in [3.8, 4) is 0 Å². The first-order valence-corrected chi connectivity index (χ1v) is 6.41. The highest BCUT2D eigenvalue weighted by atomic mass is 32.2. The van der Waals surface area contributed by atoms with E-state index in [0.717, 1.165) is 17.7 Å². The zero-order valence-corrected chi connectivity index (χ0v) is 10.8. The van der Waals surface area contributed by atoms with Crippen molar-refractivity contribution in [3.63, 3.8) is 0 Å². The lowest BCUT2D eigenvalue weighted by atomic mass is 9.83. The summed E-state index contributed by atoms with van der Waals surface area (Å²) in [6, 6.07) is 8.19. The van der Waals surface area contributed by atoms with Gasteiger partial charge in [-0.05, 0) is 31.9 Å². The molecule has 0 radical (unpaired) electrons. The number of esters is 1. The first kappa shape index (κ1) is 12.5. The summed E-state index contributed by atoms with van der Waals surface area (Å²) in [6.07, 6.45) is 1.71. The Morgan fingerprint density at radius 2 is 1.94 bits per heavy atom. The van der Waals surface area contributed by atoms with Gasteiger partial charge in [0.1, 0.15) is 0 Å². The molecule has 0 aromatic heterocycles. The molecule has 3 nitrogen and oxygen atoms in total. The van der Waals surface area contributed by atoms with Gasteiger partial charge in [0.25, 0.3) is 0 Å². The molecular weight excluding hydrogens is 236 g/mol. The monoisotopic (exact) mass is 252 g/mol. The van der Waals surface area contributed by atoms with Crippen molar-refractivity contribution in [1.82, 2.24) is 0 Å². The van der Waals surface area contributed by atoms with Crippen LogP contribution in [-0.4, -0.2) is 19.2 Å². The van der Waals surface area contributed by atoms with E-state index in [0.29, 0.717) is 0 Å². The molecule has 0 heterocycles. The SMILES string of the molecule is COC(=O)C1CC(OSc2ccc(C)cc2)C1. The lowest BCUT2D eigenvalue weighted by Gasteiger charge is -2.31. The normalized spacial score (nSPS) is 22.9. The van der Waals surface area contributed by atoms with Crippen LogP contribution in [0.2, 0.25) is 0 Å². The van der Waals surface area contributed by atoms with Crippen molar-refractivity contribution in [3.05, 3.63) is 29.8 Å². The Labute approximate surface area is 106 Å². The second kappa shape index (κ2) is 5.56. The fraction of sp³-hybridized carbons (Fsp3) is 0.462. The Kier molecular flexibility index (Phi) is 4.07. The standard InChI is InChI=1S/C13H16O3S/c1-9-3-5-12(6-4-9)17-16-11-7-10(8-11)13(14)15-2/h3-6,10-11H,7-8H2,1-2H3. The molecule has 1 aliphatic rings. The first-order chi connectivity index (χ1) is 8.19. The third kappa shape index (κ3) is 3.23. The van der Waals surface area contributed by atoms with Crippen LogP contribution in [-0.2, 0) is 13.7 Å². The Morgan fingerprint density at radius 3 is 2.53 bits per heavy atom. The summed E-state index contributed by atoms with van der Waals surface area (Å²) in [5.41, 5.74) is 1.24. The third-order valence-electron chi connectivity index (χ3n) is 2.93. The van der Waals surface area contributed by atoms with Gasteiger partial charge >= 0.3 is 5.97 Å². The molecule has 4 heteroatoms. The Balaban J connectivity index is 1.71. The van der Waals surface area contributed by atoms with Crippen LogP contribution in [0.5, 0.6) is 0 Å². The maximum Gasteiger partial charge on any atom is 0.308 e. The fourth-order valence-corrected chi connectivity index (χ4v) is 2.37. The largest absolute Gasteiger partial charge is 0.469 e. The summed E-state index contributed by atoms with van der Waals surface area (Å²) in [5, 5.41) is 0. The Hall–Kier alpha value is -1.00. The predicted molar refractivity (Wildman–Crippen MR) is 66.6 cm³/mol. The molecule has 0 bridgehead atoms. The van der Waals surface area contributed by atoms with Crippen molar-refractivity contribution in [2.24, 2.45) is 5.92 Å². The van der Waals surface area contributed by atoms with Crippen LogP contribution in [0.1, 0.15) is 18.4 Å². The van der Waals surface area contributed by atoms with Gasteiger partial charge in [-0.15, -0.1) is 0 Å². The van der Waals surface area contributed by atoms with Gasteiger partial charge < -0.3 is 8.92 Å². The second-order valence-corrected chi connectivity index (χ2v) is 5.14. The quantitative estimate of drug-likeness (QED) is 0.609. The van der Waals surface area contributed by atoms with Gasteiger partial charge in [-0.2, -0.15) is 0 Å². The summed E-state index contributed by atoms with van der Waals surface area (Å²) in [5.74, 6) is -0.0891. The molecule has 0 spiro atoms. The minimum Gasteiger partial charge on any atom is -0.469 e. The number of methoxy groups -OCH3 is 1. The van der Waals surface area contributed by atoms with Gasteiger partial charge in [-0.25, -0.2) is 0 Å². The fourth-order valence-electron chi connectivity index (χ4n) is 1.72. The molecule has 17 heavy (non-hydrogen) atoms. The number of ether oxygens (including phenoxy) is 1. The summed E-state index contributed by atoms with van der Waals surface area (Å²) in [6.45, 7) is 2.06. The molecule has 1 aliphatic carbocycles. The van der Waals surface area contributed by atoms with E-state index in [4.69, 9.17) is 4.18 Å². The Bertz CT molecular complexity index is 382. The van der Waals surface area contributed by atoms with Gasteiger partial charge in [-0.1, -0.05) is 17.7 Å². The molecule has 1 aromatic rings. The van der Waals surface area contributed by atoms with Crippen LogP contribution < -0.4 is 0 Å². The highest BCUT2D eigenvalue weighted by Gasteiger charge is 2.36. The number of benzene rings is 1. The minimum absolute atomic E-state index is 0.0311. The van der Waals surface area contributed by atoms with E-state index in [1.54, 1.807) is 0 Å². The van der Waals surface area contributed by atoms with Crippen molar-refractivity contribution in [2.75, 3.05) is 7.11 Å². The van der Waals surface area contributed by atoms with Crippen molar-refractivity contribution in [1.29, 1.82) is 0 Å². The highest BCUT2D eigenvalue weighted by Crippen LogP contribution is 2.35. The van der Waals surface area contributed by atoms with Crippen molar-refractivity contribution >= 4 is 18.0 Å². The summed E-state index contributed by atoms with van der Waals surface area (Å²) < 4.78 is 10.3. The van der Waals surface area contributed by atoms with Crippen molar-refractivity contribution in [2.45, 2.75) is 30.8 Å². The molecule has 1 aromatic carbocycles. The van der Waals surface area contributed by atoms with Crippen LogP contribution in [0.3, 0.4) is 0 Å². The van der Waals surface area contributed by atoms with Gasteiger partial charge in [0.15, 0.2) is 0 Å². The maximum absolute atomic E-state index is 11.2. The molecular formula is C13H16O3S. The molecule has 0 saturated heterocycles. The van der Waals surface area contributed by atoms with E-state index < -0.39 is 0 Å². The van der Waals surface area contributed by atoms with Gasteiger partial charge in [0, 0.05) is 16.9 Å². The van der Waals surface area contributed by atoms with Gasteiger partial charge in [0.2, 0.25) is 0 Å². The number of carbonyl (C=O) groups is 1. The van der Waals surface area contributed by atoms with E-state index >= 15 is 0 Å². The molecule has 1 saturated carbocycles. The van der Waals surface area contributed by atoms with Crippen LogP contribution in [0.15, 0.2) is 29.2 Å². The third-order valence-corrected chi connectivity index (χ3v) is 3.76. The van der Waals surface area contributed by atoms with Crippen LogP contribution in [0, 0.1) is 12.8 Å². The zero-order valence-electron chi connectivity index (χ0n) is 10.0. The lowest BCUT2D eigenvalue weighted by molar-refractivity contribution is -0.151. The molecule has 92 valence electrons. The zero-order chi connectivity index (χ0) is 12.3. The maximum atomic E-state index is 11.2. The van der Waals surface area contributed by atoms with E-state index in [9.17, 15) is 4.79 Å². The van der Waals surface area contributed by atoms with E-state index in [1.807, 2.05) is 12.1 Å². The van der Waals surface area contributed by atoms with Crippen LogP contribution >= 0.6 is 12.0 Å². The molecule has 0 unspecified atom stereocenters. The molecule has 0 N–H and O–H groups in total. The molecule has 0 amide bonds. The van der Waals surface area contributed by atoms with E-state index in [-0.39, 0.29) is 18.0 Å². The second-order valence-electron chi connectivity index (χ2n) is 4.31. The van der Waals surface area contributed by atoms with E-state index in [2.05, 4.69) is 23.8 Å². The van der Waals surface area contributed by atoms with Crippen molar-refractivity contribution < 1.29 is 13.7 Å². The minimum atomic E-state index is -0.120.